The van der Waals surface area contributed by atoms with Crippen molar-refractivity contribution in [2.45, 2.75) is 50.1 Å². The van der Waals surface area contributed by atoms with Crippen LogP contribution in [0.2, 0.25) is 0 Å². The molecule has 5 N–H and O–H groups in total. The highest BCUT2D eigenvalue weighted by Gasteiger charge is 2.47. The van der Waals surface area contributed by atoms with Crippen molar-refractivity contribution >= 4 is 5.91 Å². The summed E-state index contributed by atoms with van der Waals surface area (Å²) in [5.74, 6) is -0.612. The van der Waals surface area contributed by atoms with Crippen LogP contribution in [0.5, 0.6) is 0 Å². The third-order valence-electron chi connectivity index (χ3n) is 2.84. The lowest BCUT2D eigenvalue weighted by Crippen LogP contribution is -2.59. The second kappa shape index (κ2) is 5.09. The largest absolute Gasteiger partial charge is 0.390 e. The fraction of sp³-hybridized carbons (Fsp3) is 0.900. The van der Waals surface area contributed by atoms with E-state index in [1.165, 1.54) is 0 Å². The number of hydrogen-bond donors (Lipinski definition) is 5. The van der Waals surface area contributed by atoms with Gasteiger partial charge in [-0.3, -0.25) is 4.79 Å². The van der Waals surface area contributed by atoms with Gasteiger partial charge in [-0.25, -0.2) is 0 Å². The van der Waals surface area contributed by atoms with Crippen LogP contribution in [0.25, 0.3) is 0 Å². The molecule has 0 spiro atoms. The first-order valence-corrected chi connectivity index (χ1v) is 5.45. The molecule has 0 aromatic rings. The molecule has 1 saturated carbocycles. The smallest absolute Gasteiger partial charge is 0.252 e. The minimum atomic E-state index is -1.80. The van der Waals surface area contributed by atoms with Crippen molar-refractivity contribution in [1.82, 2.24) is 5.32 Å². The molecular weight excluding hydrogens is 214 g/mol. The quantitative estimate of drug-likeness (QED) is 0.392. The van der Waals surface area contributed by atoms with Crippen LogP contribution < -0.4 is 5.32 Å². The van der Waals surface area contributed by atoms with Crippen molar-refractivity contribution in [3.8, 4) is 0 Å². The number of aliphatic hydroxyl groups is 4. The van der Waals surface area contributed by atoms with E-state index in [1.807, 2.05) is 6.92 Å². The lowest BCUT2D eigenvalue weighted by molar-refractivity contribution is -0.172. The normalized spacial score (nSPS) is 39.4. The number of carbonyl (C=O) groups excluding carboxylic acids is 1. The van der Waals surface area contributed by atoms with Gasteiger partial charge in [0.1, 0.15) is 11.7 Å². The Morgan fingerprint density at radius 1 is 1.31 bits per heavy atom. The first-order chi connectivity index (χ1) is 7.40. The number of nitrogens with one attached hydrogen (secondary N) is 1. The standard InChI is InChI=1S/C10H19NO5/c1-2-3-11-9(15)10(16)4-6(12)8(14)7(13)5-10/h6-8,12-14,16H,2-5H2,1H3,(H,11,15)/t6-,7-,8-,10+/m1/s1. The maximum absolute atomic E-state index is 11.6. The minimum absolute atomic E-state index is 0.263. The fourth-order valence-electron chi connectivity index (χ4n) is 1.86. The van der Waals surface area contributed by atoms with E-state index >= 15 is 0 Å². The molecule has 0 aromatic carbocycles. The van der Waals surface area contributed by atoms with Crippen molar-refractivity contribution in [3.63, 3.8) is 0 Å². The van der Waals surface area contributed by atoms with Gasteiger partial charge in [-0.15, -0.1) is 0 Å². The molecule has 6 heteroatoms. The lowest BCUT2D eigenvalue weighted by Gasteiger charge is -2.39. The Labute approximate surface area is 93.9 Å². The lowest BCUT2D eigenvalue weighted by atomic mass is 9.79. The van der Waals surface area contributed by atoms with Gasteiger partial charge in [-0.2, -0.15) is 0 Å². The first-order valence-electron chi connectivity index (χ1n) is 5.45. The number of hydrogen-bond acceptors (Lipinski definition) is 5. The molecule has 1 amide bonds. The van der Waals surface area contributed by atoms with Crippen LogP contribution in [0.3, 0.4) is 0 Å². The van der Waals surface area contributed by atoms with Gasteiger partial charge in [0.25, 0.3) is 5.91 Å². The van der Waals surface area contributed by atoms with Gasteiger partial charge in [-0.05, 0) is 6.42 Å². The van der Waals surface area contributed by atoms with E-state index in [9.17, 15) is 25.2 Å². The van der Waals surface area contributed by atoms with Crippen molar-refractivity contribution in [2.75, 3.05) is 6.54 Å². The maximum Gasteiger partial charge on any atom is 0.252 e. The Morgan fingerprint density at radius 3 is 2.25 bits per heavy atom. The molecule has 16 heavy (non-hydrogen) atoms. The molecular formula is C10H19NO5. The molecule has 0 unspecified atom stereocenters. The second-order valence-electron chi connectivity index (χ2n) is 4.32. The molecule has 94 valence electrons. The summed E-state index contributed by atoms with van der Waals surface area (Å²) in [6.45, 7) is 2.30. The molecule has 0 aliphatic heterocycles. The number of rotatable bonds is 3. The molecule has 0 radical (unpaired) electrons. The van der Waals surface area contributed by atoms with Crippen molar-refractivity contribution in [3.05, 3.63) is 0 Å². The highest BCUT2D eigenvalue weighted by molar-refractivity contribution is 5.85. The average molecular weight is 233 g/mol. The van der Waals surface area contributed by atoms with Crippen LogP contribution in [-0.4, -0.2) is 56.8 Å². The summed E-state index contributed by atoms with van der Waals surface area (Å²) in [5.41, 5.74) is -1.80. The highest BCUT2D eigenvalue weighted by atomic mass is 16.4. The average Bonchev–Trinajstić information content (AvgIpc) is 2.22. The van der Waals surface area contributed by atoms with E-state index in [2.05, 4.69) is 5.32 Å². The molecule has 1 aliphatic carbocycles. The topological polar surface area (TPSA) is 110 Å². The predicted octanol–water partition coefficient (Wildman–Crippen LogP) is -1.88. The second-order valence-corrected chi connectivity index (χ2v) is 4.32. The van der Waals surface area contributed by atoms with E-state index in [0.29, 0.717) is 6.54 Å². The summed E-state index contributed by atoms with van der Waals surface area (Å²) in [6, 6.07) is 0. The molecule has 0 heterocycles. The summed E-state index contributed by atoms with van der Waals surface area (Å²) in [6.07, 6.45) is -3.68. The summed E-state index contributed by atoms with van der Waals surface area (Å²) in [4.78, 5) is 11.6. The Morgan fingerprint density at radius 2 is 1.81 bits per heavy atom. The Bertz CT molecular complexity index is 246. The van der Waals surface area contributed by atoms with Gasteiger partial charge in [0.15, 0.2) is 0 Å². The van der Waals surface area contributed by atoms with Crippen LogP contribution in [-0.2, 0) is 4.79 Å². The zero-order chi connectivity index (χ0) is 12.3. The summed E-state index contributed by atoms with van der Waals surface area (Å²) >= 11 is 0. The SMILES string of the molecule is CCCNC(=O)[C@]1(O)C[C@@H](O)[C@@H](O)[C@H](O)C1. The van der Waals surface area contributed by atoms with Crippen LogP contribution in [0.4, 0.5) is 0 Å². The monoisotopic (exact) mass is 233 g/mol. The van der Waals surface area contributed by atoms with Gasteiger partial charge >= 0.3 is 0 Å². The van der Waals surface area contributed by atoms with E-state index in [1.54, 1.807) is 0 Å². The molecule has 1 fully saturated rings. The molecule has 0 aromatic heterocycles. The minimum Gasteiger partial charge on any atom is -0.390 e. The van der Waals surface area contributed by atoms with Crippen molar-refractivity contribution in [2.24, 2.45) is 0 Å². The maximum atomic E-state index is 11.6. The molecule has 0 bridgehead atoms. The van der Waals surface area contributed by atoms with Gasteiger partial charge in [-0.1, -0.05) is 6.92 Å². The first kappa shape index (κ1) is 13.4. The molecule has 1 rings (SSSR count). The van der Waals surface area contributed by atoms with Gasteiger partial charge in [0.2, 0.25) is 0 Å². The van der Waals surface area contributed by atoms with Crippen LogP contribution >= 0.6 is 0 Å². The summed E-state index contributed by atoms with van der Waals surface area (Å²) < 4.78 is 0. The third kappa shape index (κ3) is 2.70. The zero-order valence-electron chi connectivity index (χ0n) is 9.26. The summed E-state index contributed by atoms with van der Waals surface area (Å²) in [7, 11) is 0. The summed E-state index contributed by atoms with van der Waals surface area (Å²) in [5, 5.41) is 40.6. The van der Waals surface area contributed by atoms with Crippen LogP contribution in [0.15, 0.2) is 0 Å². The number of amides is 1. The highest BCUT2D eigenvalue weighted by Crippen LogP contribution is 2.29. The van der Waals surface area contributed by atoms with E-state index in [0.717, 1.165) is 6.42 Å². The Balaban J connectivity index is 2.66. The van der Waals surface area contributed by atoms with E-state index < -0.39 is 29.8 Å². The van der Waals surface area contributed by atoms with E-state index in [-0.39, 0.29) is 12.8 Å². The zero-order valence-corrected chi connectivity index (χ0v) is 9.26. The van der Waals surface area contributed by atoms with Crippen LogP contribution in [0.1, 0.15) is 26.2 Å². The molecule has 1 aliphatic rings. The van der Waals surface area contributed by atoms with Crippen molar-refractivity contribution in [1.29, 1.82) is 0 Å². The van der Waals surface area contributed by atoms with Gasteiger partial charge in [0, 0.05) is 19.4 Å². The number of aliphatic hydroxyl groups excluding tert-OH is 3. The van der Waals surface area contributed by atoms with Gasteiger partial charge in [0.05, 0.1) is 12.2 Å². The Kier molecular flexibility index (Phi) is 4.26. The molecule has 6 nitrogen and oxygen atoms in total. The van der Waals surface area contributed by atoms with E-state index in [4.69, 9.17) is 0 Å². The fourth-order valence-corrected chi connectivity index (χ4v) is 1.86. The Hall–Kier alpha value is -0.690. The van der Waals surface area contributed by atoms with Crippen LogP contribution in [0, 0.1) is 0 Å². The van der Waals surface area contributed by atoms with Gasteiger partial charge < -0.3 is 25.7 Å². The molecule has 2 atom stereocenters. The molecule has 0 saturated heterocycles. The van der Waals surface area contributed by atoms with Crippen molar-refractivity contribution < 1.29 is 25.2 Å². The predicted molar refractivity (Wildman–Crippen MR) is 55.5 cm³/mol. The number of carbonyl (C=O) groups is 1. The third-order valence-corrected chi connectivity index (χ3v) is 2.84.